The van der Waals surface area contributed by atoms with Crippen molar-refractivity contribution in [3.8, 4) is 5.75 Å². The fourth-order valence-electron chi connectivity index (χ4n) is 2.70. The molecule has 0 spiro atoms. The zero-order valence-corrected chi connectivity index (χ0v) is 12.8. The quantitative estimate of drug-likeness (QED) is 0.920. The molecule has 6 nitrogen and oxygen atoms in total. The van der Waals surface area contributed by atoms with Crippen LogP contribution in [0.4, 0.5) is 5.69 Å². The van der Waals surface area contributed by atoms with Crippen LogP contribution in [-0.2, 0) is 16.1 Å². The summed E-state index contributed by atoms with van der Waals surface area (Å²) in [6.45, 7) is 0.308. The summed E-state index contributed by atoms with van der Waals surface area (Å²) in [6.07, 6.45) is 2.44. The van der Waals surface area contributed by atoms with E-state index in [1.165, 1.54) is 0 Å². The Kier molecular flexibility index (Phi) is 4.32. The second-order valence-electron chi connectivity index (χ2n) is 5.38. The van der Waals surface area contributed by atoms with Crippen LogP contribution in [0.1, 0.15) is 18.6 Å². The number of benzene rings is 1. The fourth-order valence-corrected chi connectivity index (χ4v) is 2.70. The molecule has 1 aliphatic heterocycles. The average molecular weight is 314 g/mol. The number of amides is 2. The lowest BCUT2D eigenvalue weighted by Gasteiger charge is -2.23. The van der Waals surface area contributed by atoms with E-state index in [0.29, 0.717) is 36.6 Å². The maximum Gasteiger partial charge on any atom is 0.247 e. The first-order chi connectivity index (χ1) is 11.2. The molecular formula is C17H18N2O4. The minimum absolute atomic E-state index is 0.0350. The van der Waals surface area contributed by atoms with Crippen LogP contribution in [0, 0.1) is 0 Å². The highest BCUT2D eigenvalue weighted by Crippen LogP contribution is 2.24. The van der Waals surface area contributed by atoms with Crippen molar-refractivity contribution in [2.45, 2.75) is 25.4 Å². The Hall–Kier alpha value is -2.76. The van der Waals surface area contributed by atoms with Gasteiger partial charge in [0.05, 0.1) is 19.9 Å². The summed E-state index contributed by atoms with van der Waals surface area (Å²) >= 11 is 0. The standard InChI is InChI=1S/C17H18N2O4/c1-22-13-5-2-4-12(10-13)18-17(21)15-7-8-16(20)19(15)11-14-6-3-9-23-14/h2-6,9-10,15H,7-8,11H2,1H3,(H,18,21)/t15-/m1/s1. The molecule has 1 saturated heterocycles. The van der Waals surface area contributed by atoms with E-state index in [2.05, 4.69) is 5.32 Å². The molecule has 0 aliphatic carbocycles. The number of methoxy groups -OCH3 is 1. The lowest BCUT2D eigenvalue weighted by molar-refractivity contribution is -0.134. The number of furan rings is 1. The molecular weight excluding hydrogens is 296 g/mol. The van der Waals surface area contributed by atoms with E-state index in [4.69, 9.17) is 9.15 Å². The first kappa shape index (κ1) is 15.1. The van der Waals surface area contributed by atoms with Gasteiger partial charge in [0, 0.05) is 18.2 Å². The third kappa shape index (κ3) is 3.36. The molecule has 1 fully saturated rings. The highest BCUT2D eigenvalue weighted by molar-refractivity contribution is 5.99. The van der Waals surface area contributed by atoms with Gasteiger partial charge in [-0.2, -0.15) is 0 Å². The summed E-state index contributed by atoms with van der Waals surface area (Å²) in [5.41, 5.74) is 0.645. The van der Waals surface area contributed by atoms with Crippen molar-refractivity contribution in [2.75, 3.05) is 12.4 Å². The van der Waals surface area contributed by atoms with Crippen molar-refractivity contribution in [2.24, 2.45) is 0 Å². The number of hydrogen-bond acceptors (Lipinski definition) is 4. The second kappa shape index (κ2) is 6.56. The molecule has 23 heavy (non-hydrogen) atoms. The van der Waals surface area contributed by atoms with Gasteiger partial charge in [-0.25, -0.2) is 0 Å². The molecule has 1 N–H and O–H groups in total. The van der Waals surface area contributed by atoms with Crippen molar-refractivity contribution in [3.05, 3.63) is 48.4 Å². The van der Waals surface area contributed by atoms with Crippen molar-refractivity contribution < 1.29 is 18.7 Å². The van der Waals surface area contributed by atoms with Gasteiger partial charge in [-0.15, -0.1) is 0 Å². The maximum atomic E-state index is 12.5. The van der Waals surface area contributed by atoms with Gasteiger partial charge in [0.15, 0.2) is 0 Å². The monoisotopic (exact) mass is 314 g/mol. The molecule has 0 bridgehead atoms. The van der Waals surface area contributed by atoms with E-state index >= 15 is 0 Å². The summed E-state index contributed by atoms with van der Waals surface area (Å²) in [5.74, 6) is 1.10. The SMILES string of the molecule is COc1cccc(NC(=O)[C@H]2CCC(=O)N2Cc2ccco2)c1. The highest BCUT2D eigenvalue weighted by atomic mass is 16.5. The lowest BCUT2D eigenvalue weighted by Crippen LogP contribution is -2.41. The van der Waals surface area contributed by atoms with Crippen LogP contribution in [0.25, 0.3) is 0 Å². The highest BCUT2D eigenvalue weighted by Gasteiger charge is 2.36. The van der Waals surface area contributed by atoms with Gasteiger partial charge in [-0.05, 0) is 30.7 Å². The molecule has 2 heterocycles. The topological polar surface area (TPSA) is 71.8 Å². The fraction of sp³-hybridized carbons (Fsp3) is 0.294. The Morgan fingerprint density at radius 2 is 2.26 bits per heavy atom. The van der Waals surface area contributed by atoms with E-state index in [-0.39, 0.29) is 11.8 Å². The van der Waals surface area contributed by atoms with Crippen LogP contribution >= 0.6 is 0 Å². The first-order valence-corrected chi connectivity index (χ1v) is 7.44. The van der Waals surface area contributed by atoms with Crippen LogP contribution in [0.2, 0.25) is 0 Å². The van der Waals surface area contributed by atoms with E-state index < -0.39 is 6.04 Å². The van der Waals surface area contributed by atoms with Crippen molar-refractivity contribution in [3.63, 3.8) is 0 Å². The van der Waals surface area contributed by atoms with Gasteiger partial charge in [-0.1, -0.05) is 6.07 Å². The first-order valence-electron chi connectivity index (χ1n) is 7.44. The number of nitrogens with one attached hydrogen (secondary N) is 1. The number of carbonyl (C=O) groups excluding carboxylic acids is 2. The molecule has 120 valence electrons. The zero-order valence-electron chi connectivity index (χ0n) is 12.8. The molecule has 1 aromatic heterocycles. The smallest absolute Gasteiger partial charge is 0.247 e. The van der Waals surface area contributed by atoms with Crippen LogP contribution in [0.3, 0.4) is 0 Å². The molecule has 3 rings (SSSR count). The average Bonchev–Trinajstić information content (AvgIpc) is 3.19. The molecule has 2 aromatic rings. The third-order valence-electron chi connectivity index (χ3n) is 3.87. The molecule has 1 aromatic carbocycles. The number of carbonyl (C=O) groups is 2. The van der Waals surface area contributed by atoms with Crippen LogP contribution in [0.5, 0.6) is 5.75 Å². The number of rotatable bonds is 5. The summed E-state index contributed by atoms with van der Waals surface area (Å²) in [5, 5.41) is 2.85. The van der Waals surface area contributed by atoms with Gasteiger partial charge in [0.25, 0.3) is 0 Å². The molecule has 6 heteroatoms. The molecule has 0 unspecified atom stereocenters. The molecule has 2 amide bonds. The van der Waals surface area contributed by atoms with Gasteiger partial charge in [0.2, 0.25) is 11.8 Å². The predicted molar refractivity (Wildman–Crippen MR) is 83.9 cm³/mol. The number of ether oxygens (including phenoxy) is 1. The van der Waals surface area contributed by atoms with Crippen LogP contribution in [0.15, 0.2) is 47.1 Å². The number of anilines is 1. The van der Waals surface area contributed by atoms with E-state index in [1.807, 2.05) is 0 Å². The largest absolute Gasteiger partial charge is 0.497 e. The Morgan fingerprint density at radius 3 is 3.00 bits per heavy atom. The third-order valence-corrected chi connectivity index (χ3v) is 3.87. The van der Waals surface area contributed by atoms with Gasteiger partial charge < -0.3 is 19.4 Å². The van der Waals surface area contributed by atoms with Gasteiger partial charge in [-0.3, -0.25) is 9.59 Å². The maximum absolute atomic E-state index is 12.5. The summed E-state index contributed by atoms with van der Waals surface area (Å²) in [7, 11) is 1.57. The summed E-state index contributed by atoms with van der Waals surface area (Å²) < 4.78 is 10.4. The Bertz CT molecular complexity index is 696. The minimum Gasteiger partial charge on any atom is -0.497 e. The molecule has 0 radical (unpaired) electrons. The van der Waals surface area contributed by atoms with Gasteiger partial charge in [0.1, 0.15) is 17.6 Å². The van der Waals surface area contributed by atoms with Crippen LogP contribution < -0.4 is 10.1 Å². The summed E-state index contributed by atoms with van der Waals surface area (Å²) in [4.78, 5) is 26.1. The van der Waals surface area contributed by atoms with E-state index in [9.17, 15) is 9.59 Å². The zero-order chi connectivity index (χ0) is 16.2. The van der Waals surface area contributed by atoms with Crippen molar-refractivity contribution in [1.82, 2.24) is 4.90 Å². The predicted octanol–water partition coefficient (Wildman–Crippen LogP) is 2.42. The minimum atomic E-state index is -0.487. The van der Waals surface area contributed by atoms with Crippen molar-refractivity contribution in [1.29, 1.82) is 0 Å². The molecule has 1 atom stereocenters. The normalized spacial score (nSPS) is 17.3. The number of nitrogens with zero attached hydrogens (tertiary/aromatic N) is 1. The Balaban J connectivity index is 1.71. The molecule has 0 saturated carbocycles. The molecule has 1 aliphatic rings. The number of hydrogen-bond donors (Lipinski definition) is 1. The Labute approximate surface area is 134 Å². The lowest BCUT2D eigenvalue weighted by atomic mass is 10.2. The van der Waals surface area contributed by atoms with Crippen molar-refractivity contribution >= 4 is 17.5 Å². The Morgan fingerprint density at radius 1 is 1.39 bits per heavy atom. The van der Waals surface area contributed by atoms with E-state index in [1.54, 1.807) is 54.7 Å². The van der Waals surface area contributed by atoms with E-state index in [0.717, 1.165) is 0 Å². The second-order valence-corrected chi connectivity index (χ2v) is 5.38. The number of likely N-dealkylation sites (tertiary alicyclic amines) is 1. The van der Waals surface area contributed by atoms with Gasteiger partial charge >= 0.3 is 0 Å². The summed E-state index contributed by atoms with van der Waals surface area (Å²) in [6, 6.07) is 10.2. The van der Waals surface area contributed by atoms with Crippen LogP contribution in [-0.4, -0.2) is 29.9 Å².